The van der Waals surface area contributed by atoms with Gasteiger partial charge in [0.25, 0.3) is 5.91 Å². The van der Waals surface area contributed by atoms with Crippen LogP contribution >= 0.6 is 0 Å². The van der Waals surface area contributed by atoms with Crippen LogP contribution in [0.4, 0.5) is 5.69 Å². The molecule has 1 N–H and O–H groups in total. The van der Waals surface area contributed by atoms with Gasteiger partial charge in [-0.3, -0.25) is 9.59 Å². The van der Waals surface area contributed by atoms with Crippen LogP contribution in [-0.2, 0) is 14.3 Å². The number of ether oxygens (including phenoxy) is 2. The number of nitrogens with one attached hydrogen (secondary N) is 1. The summed E-state index contributed by atoms with van der Waals surface area (Å²) in [6, 6.07) is 7.22. The summed E-state index contributed by atoms with van der Waals surface area (Å²) >= 11 is 0. The highest BCUT2D eigenvalue weighted by atomic mass is 16.5. The van der Waals surface area contributed by atoms with Gasteiger partial charge in [0.15, 0.2) is 0 Å². The third kappa shape index (κ3) is 4.11. The first kappa shape index (κ1) is 16.4. The molecular weight excluding hydrogens is 310 g/mol. The molecule has 2 heterocycles. The zero-order chi connectivity index (χ0) is 16.9. The van der Waals surface area contributed by atoms with Crippen molar-refractivity contribution >= 4 is 23.2 Å². The van der Waals surface area contributed by atoms with E-state index in [0.29, 0.717) is 36.6 Å². The van der Waals surface area contributed by atoms with E-state index in [9.17, 15) is 9.59 Å². The van der Waals surface area contributed by atoms with Crippen LogP contribution in [0.15, 0.2) is 29.4 Å². The maximum Gasteiger partial charge on any atom is 0.271 e. The van der Waals surface area contributed by atoms with Crippen molar-refractivity contribution in [1.29, 1.82) is 0 Å². The Labute approximate surface area is 140 Å². The molecule has 0 bridgehead atoms. The number of rotatable bonds is 5. The van der Waals surface area contributed by atoms with Crippen LogP contribution < -0.4 is 10.1 Å². The Morgan fingerprint density at radius 3 is 3.08 bits per heavy atom. The Balaban J connectivity index is 1.58. The number of anilines is 1. The second-order valence-corrected chi connectivity index (χ2v) is 5.89. The second-order valence-electron chi connectivity index (χ2n) is 5.89. The van der Waals surface area contributed by atoms with Crippen molar-refractivity contribution in [2.75, 3.05) is 25.6 Å². The standard InChI is InChI=1S/C17H21N3O4/c1-20-16(21)8-7-15(19-20)17(22)18-12-4-2-5-13(10-12)24-11-14-6-3-9-23-14/h2,4-5,10,14H,3,6-9,11H2,1H3,(H,18,22)/t14-/m1/s1. The summed E-state index contributed by atoms with van der Waals surface area (Å²) < 4.78 is 11.3. The van der Waals surface area contributed by atoms with Gasteiger partial charge in [-0.05, 0) is 25.0 Å². The molecule has 1 aromatic carbocycles. The minimum absolute atomic E-state index is 0.0870. The Morgan fingerprint density at radius 1 is 1.46 bits per heavy atom. The second kappa shape index (κ2) is 7.44. The van der Waals surface area contributed by atoms with Crippen LogP contribution in [0.2, 0.25) is 0 Å². The lowest BCUT2D eigenvalue weighted by Crippen LogP contribution is -2.34. The van der Waals surface area contributed by atoms with Crippen molar-refractivity contribution in [3.8, 4) is 5.75 Å². The molecule has 0 unspecified atom stereocenters. The summed E-state index contributed by atoms with van der Waals surface area (Å²) in [5.74, 6) is 0.294. The maximum atomic E-state index is 12.3. The van der Waals surface area contributed by atoms with E-state index in [1.54, 1.807) is 19.2 Å². The van der Waals surface area contributed by atoms with E-state index >= 15 is 0 Å². The summed E-state index contributed by atoms with van der Waals surface area (Å²) in [7, 11) is 1.55. The number of hydrogen-bond donors (Lipinski definition) is 1. The molecule has 2 aliphatic rings. The van der Waals surface area contributed by atoms with Crippen molar-refractivity contribution in [2.24, 2.45) is 5.10 Å². The van der Waals surface area contributed by atoms with Gasteiger partial charge in [0.2, 0.25) is 5.91 Å². The van der Waals surface area contributed by atoms with Gasteiger partial charge in [-0.25, -0.2) is 5.01 Å². The van der Waals surface area contributed by atoms with Crippen LogP contribution in [0.25, 0.3) is 0 Å². The average Bonchev–Trinajstić information content (AvgIpc) is 3.09. The fraction of sp³-hybridized carbons (Fsp3) is 0.471. The Kier molecular flexibility index (Phi) is 5.10. The smallest absolute Gasteiger partial charge is 0.271 e. The maximum absolute atomic E-state index is 12.3. The predicted molar refractivity (Wildman–Crippen MR) is 89.0 cm³/mol. The van der Waals surface area contributed by atoms with Gasteiger partial charge in [-0.1, -0.05) is 6.07 Å². The van der Waals surface area contributed by atoms with E-state index in [4.69, 9.17) is 9.47 Å². The minimum atomic E-state index is -0.300. The van der Waals surface area contributed by atoms with Crippen LogP contribution in [0.5, 0.6) is 5.75 Å². The summed E-state index contributed by atoms with van der Waals surface area (Å²) in [4.78, 5) is 23.7. The van der Waals surface area contributed by atoms with E-state index in [-0.39, 0.29) is 17.9 Å². The third-order valence-corrected chi connectivity index (χ3v) is 4.02. The van der Waals surface area contributed by atoms with Crippen LogP contribution in [0.1, 0.15) is 25.7 Å². The topological polar surface area (TPSA) is 80.2 Å². The van der Waals surface area contributed by atoms with E-state index in [1.807, 2.05) is 12.1 Å². The molecule has 1 saturated heterocycles. The number of amides is 2. The molecule has 24 heavy (non-hydrogen) atoms. The molecular formula is C17H21N3O4. The molecule has 7 heteroatoms. The average molecular weight is 331 g/mol. The zero-order valence-electron chi connectivity index (χ0n) is 13.7. The fourth-order valence-corrected chi connectivity index (χ4v) is 2.66. The summed E-state index contributed by atoms with van der Waals surface area (Å²) in [5, 5.41) is 8.02. The van der Waals surface area contributed by atoms with Crippen molar-refractivity contribution in [1.82, 2.24) is 5.01 Å². The van der Waals surface area contributed by atoms with Gasteiger partial charge < -0.3 is 14.8 Å². The fourth-order valence-electron chi connectivity index (χ4n) is 2.66. The lowest BCUT2D eigenvalue weighted by atomic mass is 10.1. The molecule has 0 saturated carbocycles. The van der Waals surface area contributed by atoms with Gasteiger partial charge in [0, 0.05) is 38.2 Å². The summed E-state index contributed by atoms with van der Waals surface area (Å²) in [6.07, 6.45) is 2.89. The lowest BCUT2D eigenvalue weighted by Gasteiger charge is -2.19. The molecule has 128 valence electrons. The number of hydrogen-bond acceptors (Lipinski definition) is 5. The van der Waals surface area contributed by atoms with Crippen molar-refractivity contribution in [2.45, 2.75) is 31.8 Å². The largest absolute Gasteiger partial charge is 0.491 e. The first-order valence-corrected chi connectivity index (χ1v) is 8.11. The summed E-state index contributed by atoms with van der Waals surface area (Å²) in [6.45, 7) is 1.31. The molecule has 0 radical (unpaired) electrons. The summed E-state index contributed by atoms with van der Waals surface area (Å²) in [5.41, 5.74) is 0.981. The number of benzene rings is 1. The van der Waals surface area contributed by atoms with Gasteiger partial charge in [-0.15, -0.1) is 0 Å². The Bertz CT molecular complexity index is 653. The van der Waals surface area contributed by atoms with E-state index in [0.717, 1.165) is 19.4 Å². The molecule has 2 aliphatic heterocycles. The quantitative estimate of drug-likeness (QED) is 0.892. The Hall–Kier alpha value is -2.41. The molecule has 2 amide bonds. The highest BCUT2D eigenvalue weighted by Gasteiger charge is 2.22. The lowest BCUT2D eigenvalue weighted by molar-refractivity contribution is -0.130. The number of nitrogens with zero attached hydrogens (tertiary/aromatic N) is 2. The van der Waals surface area contributed by atoms with E-state index < -0.39 is 0 Å². The van der Waals surface area contributed by atoms with Gasteiger partial charge in [0.05, 0.1) is 6.10 Å². The molecule has 0 spiro atoms. The number of carbonyl (C=O) groups excluding carboxylic acids is 2. The van der Waals surface area contributed by atoms with Crippen molar-refractivity contribution in [3.63, 3.8) is 0 Å². The highest BCUT2D eigenvalue weighted by Crippen LogP contribution is 2.20. The molecule has 7 nitrogen and oxygen atoms in total. The molecule has 1 aromatic rings. The zero-order valence-corrected chi connectivity index (χ0v) is 13.7. The minimum Gasteiger partial charge on any atom is -0.491 e. The monoisotopic (exact) mass is 331 g/mol. The molecule has 0 aromatic heterocycles. The van der Waals surface area contributed by atoms with Gasteiger partial charge >= 0.3 is 0 Å². The van der Waals surface area contributed by atoms with Crippen molar-refractivity contribution in [3.05, 3.63) is 24.3 Å². The van der Waals surface area contributed by atoms with E-state index in [1.165, 1.54) is 5.01 Å². The predicted octanol–water partition coefficient (Wildman–Crippen LogP) is 1.79. The van der Waals surface area contributed by atoms with Crippen LogP contribution in [-0.4, -0.2) is 48.9 Å². The first-order chi connectivity index (χ1) is 11.6. The first-order valence-electron chi connectivity index (χ1n) is 8.11. The van der Waals surface area contributed by atoms with Gasteiger partial charge in [0.1, 0.15) is 18.1 Å². The molecule has 1 atom stereocenters. The van der Waals surface area contributed by atoms with Gasteiger partial charge in [-0.2, -0.15) is 5.10 Å². The molecule has 0 aliphatic carbocycles. The van der Waals surface area contributed by atoms with Crippen molar-refractivity contribution < 1.29 is 19.1 Å². The molecule has 3 rings (SSSR count). The number of carbonyl (C=O) groups is 2. The highest BCUT2D eigenvalue weighted by molar-refractivity contribution is 6.43. The van der Waals surface area contributed by atoms with E-state index in [2.05, 4.69) is 10.4 Å². The SMILES string of the molecule is CN1N=C(C(=O)Nc2cccc(OC[C@H]3CCCO3)c2)CCC1=O. The Morgan fingerprint density at radius 2 is 2.33 bits per heavy atom. The number of hydrazone groups is 1. The molecule has 1 fully saturated rings. The van der Waals surface area contributed by atoms with Crippen LogP contribution in [0, 0.1) is 0 Å². The normalized spacial score (nSPS) is 20.7. The third-order valence-electron chi connectivity index (χ3n) is 4.02. The van der Waals surface area contributed by atoms with Crippen LogP contribution in [0.3, 0.4) is 0 Å².